The summed E-state index contributed by atoms with van der Waals surface area (Å²) < 4.78 is 0. The van der Waals surface area contributed by atoms with Gasteiger partial charge in [0, 0.05) is 41.7 Å². The van der Waals surface area contributed by atoms with Crippen LogP contribution in [0.1, 0.15) is 34.8 Å². The summed E-state index contributed by atoms with van der Waals surface area (Å²) in [5.41, 5.74) is 4.49. The molecule has 8 heteroatoms. The number of nitro benzene ring substituents is 1. The maximum absolute atomic E-state index is 13.8. The number of aromatic amines is 1. The Hall–Kier alpha value is -4.46. The number of amides is 2. The summed E-state index contributed by atoms with van der Waals surface area (Å²) in [6.07, 6.45) is 2.00. The number of hydrogen-bond donors (Lipinski definition) is 1. The molecule has 2 aliphatic heterocycles. The van der Waals surface area contributed by atoms with Crippen molar-refractivity contribution in [2.45, 2.75) is 31.3 Å². The van der Waals surface area contributed by atoms with Crippen LogP contribution in [0.25, 0.3) is 10.9 Å². The normalized spacial score (nSPS) is 19.1. The summed E-state index contributed by atoms with van der Waals surface area (Å²) >= 11 is 0. The average molecular weight is 495 g/mol. The lowest BCUT2D eigenvalue weighted by molar-refractivity contribution is -0.384. The summed E-state index contributed by atoms with van der Waals surface area (Å²) in [7, 11) is 0. The molecule has 0 radical (unpaired) electrons. The third-order valence-corrected chi connectivity index (χ3v) is 7.48. The Bertz CT molecular complexity index is 1510. The molecular formula is C29H26N4O4. The number of fused-ring (bicyclic) bond motifs is 4. The Kier molecular flexibility index (Phi) is 5.71. The Morgan fingerprint density at radius 3 is 2.57 bits per heavy atom. The molecule has 2 aliphatic rings. The van der Waals surface area contributed by atoms with Crippen molar-refractivity contribution < 1.29 is 14.5 Å². The minimum absolute atomic E-state index is 0.00507. The van der Waals surface area contributed by atoms with Gasteiger partial charge in [-0.2, -0.15) is 0 Å². The van der Waals surface area contributed by atoms with E-state index >= 15 is 0 Å². The van der Waals surface area contributed by atoms with E-state index in [0.29, 0.717) is 18.5 Å². The molecule has 0 spiro atoms. The summed E-state index contributed by atoms with van der Waals surface area (Å²) in [5, 5.41) is 12.5. The Morgan fingerprint density at radius 1 is 0.973 bits per heavy atom. The highest BCUT2D eigenvalue weighted by molar-refractivity contribution is 5.97. The standard InChI is InChI=1S/C29H26N4O4/c34-26-18-31(15-7-10-19-8-2-1-3-9-19)29(35)25-17-23-22-13-4-5-14-24(22)30-27(23)28(32(25)26)20-11-6-12-21(16-20)33(36)37/h1-6,8-9,11-14,16,25,28,30H,7,10,15,17-18H2. The summed E-state index contributed by atoms with van der Waals surface area (Å²) in [4.78, 5) is 45.3. The first-order valence-electron chi connectivity index (χ1n) is 12.5. The molecule has 3 aromatic carbocycles. The van der Waals surface area contributed by atoms with E-state index in [9.17, 15) is 19.7 Å². The largest absolute Gasteiger partial charge is 0.356 e. The van der Waals surface area contributed by atoms with Crippen molar-refractivity contribution in [1.29, 1.82) is 0 Å². The zero-order valence-electron chi connectivity index (χ0n) is 20.2. The van der Waals surface area contributed by atoms with Crippen LogP contribution < -0.4 is 0 Å². The number of rotatable bonds is 6. The number of nitrogens with one attached hydrogen (secondary N) is 1. The third-order valence-electron chi connectivity index (χ3n) is 7.48. The minimum Gasteiger partial charge on any atom is -0.356 e. The first-order valence-corrected chi connectivity index (χ1v) is 12.5. The van der Waals surface area contributed by atoms with Gasteiger partial charge in [0.1, 0.15) is 6.04 Å². The van der Waals surface area contributed by atoms with Crippen molar-refractivity contribution in [3.8, 4) is 0 Å². The number of nitro groups is 1. The number of aryl methyl sites for hydroxylation is 1. The van der Waals surface area contributed by atoms with Gasteiger partial charge in [0.05, 0.1) is 17.5 Å². The second kappa shape index (κ2) is 9.20. The van der Waals surface area contributed by atoms with Gasteiger partial charge in [0.15, 0.2) is 0 Å². The molecule has 186 valence electrons. The van der Waals surface area contributed by atoms with Gasteiger partial charge >= 0.3 is 0 Å². The number of benzene rings is 3. The van der Waals surface area contributed by atoms with Crippen LogP contribution in [0.15, 0.2) is 78.9 Å². The number of hydrogen-bond acceptors (Lipinski definition) is 4. The fourth-order valence-electron chi connectivity index (χ4n) is 5.79. The minimum atomic E-state index is -0.658. The highest BCUT2D eigenvalue weighted by Gasteiger charge is 2.48. The molecule has 37 heavy (non-hydrogen) atoms. The Balaban J connectivity index is 1.37. The molecule has 2 atom stereocenters. The number of H-pyrrole nitrogens is 1. The van der Waals surface area contributed by atoms with Gasteiger partial charge in [-0.3, -0.25) is 19.7 Å². The van der Waals surface area contributed by atoms with Crippen molar-refractivity contribution >= 4 is 28.4 Å². The van der Waals surface area contributed by atoms with Crippen LogP contribution in [0.5, 0.6) is 0 Å². The maximum Gasteiger partial charge on any atom is 0.269 e. The van der Waals surface area contributed by atoms with Crippen molar-refractivity contribution in [3.63, 3.8) is 0 Å². The SMILES string of the molecule is O=C1C2Cc3c([nH]c4ccccc34)C(c3cccc([N+](=O)[O-])c3)N2C(=O)CN1CCCc1ccccc1. The second-order valence-corrected chi connectivity index (χ2v) is 9.69. The van der Waals surface area contributed by atoms with Gasteiger partial charge in [0.25, 0.3) is 5.69 Å². The highest BCUT2D eigenvalue weighted by atomic mass is 16.6. The number of para-hydroxylation sites is 1. The number of aromatic nitrogens is 1. The van der Waals surface area contributed by atoms with E-state index in [-0.39, 0.29) is 24.0 Å². The molecule has 2 unspecified atom stereocenters. The molecule has 1 aromatic heterocycles. The van der Waals surface area contributed by atoms with E-state index < -0.39 is 17.0 Å². The summed E-state index contributed by atoms with van der Waals surface area (Å²) in [6.45, 7) is 0.511. The van der Waals surface area contributed by atoms with Gasteiger partial charge < -0.3 is 14.8 Å². The first kappa shape index (κ1) is 23.0. The van der Waals surface area contributed by atoms with Gasteiger partial charge in [-0.05, 0) is 35.6 Å². The molecule has 0 saturated carbocycles. The lowest BCUT2D eigenvalue weighted by Gasteiger charge is -2.47. The zero-order chi connectivity index (χ0) is 25.5. The lowest BCUT2D eigenvalue weighted by Crippen LogP contribution is -2.63. The van der Waals surface area contributed by atoms with Crippen LogP contribution in [-0.2, 0) is 22.4 Å². The monoisotopic (exact) mass is 494 g/mol. The van der Waals surface area contributed by atoms with Crippen molar-refractivity contribution in [2.24, 2.45) is 0 Å². The topological polar surface area (TPSA) is 99.5 Å². The number of carbonyl (C=O) groups is 2. The van der Waals surface area contributed by atoms with Crippen LogP contribution in [0.3, 0.4) is 0 Å². The van der Waals surface area contributed by atoms with Crippen molar-refractivity contribution in [3.05, 3.63) is 111 Å². The fourth-order valence-corrected chi connectivity index (χ4v) is 5.79. The molecule has 1 N–H and O–H groups in total. The van der Waals surface area contributed by atoms with E-state index in [1.54, 1.807) is 21.9 Å². The van der Waals surface area contributed by atoms with Crippen LogP contribution in [0, 0.1) is 10.1 Å². The Morgan fingerprint density at radius 2 is 1.76 bits per heavy atom. The van der Waals surface area contributed by atoms with E-state index in [1.807, 2.05) is 42.5 Å². The molecular weight excluding hydrogens is 468 g/mol. The van der Waals surface area contributed by atoms with Crippen molar-refractivity contribution in [1.82, 2.24) is 14.8 Å². The van der Waals surface area contributed by atoms with Gasteiger partial charge in [-0.15, -0.1) is 0 Å². The van der Waals surface area contributed by atoms with E-state index in [4.69, 9.17) is 0 Å². The Labute approximate surface area is 213 Å². The zero-order valence-corrected chi connectivity index (χ0v) is 20.2. The van der Waals surface area contributed by atoms with Gasteiger partial charge in [-0.1, -0.05) is 60.7 Å². The maximum atomic E-state index is 13.8. The van der Waals surface area contributed by atoms with E-state index in [2.05, 4.69) is 17.1 Å². The molecule has 4 aromatic rings. The number of carbonyl (C=O) groups excluding carboxylic acids is 2. The summed E-state index contributed by atoms with van der Waals surface area (Å²) in [5.74, 6) is -0.218. The molecule has 8 nitrogen and oxygen atoms in total. The molecule has 6 rings (SSSR count). The number of non-ortho nitro benzene ring substituents is 1. The lowest BCUT2D eigenvalue weighted by atomic mass is 9.86. The smallest absolute Gasteiger partial charge is 0.269 e. The van der Waals surface area contributed by atoms with Crippen LogP contribution in [-0.4, -0.2) is 50.7 Å². The molecule has 3 heterocycles. The summed E-state index contributed by atoms with van der Waals surface area (Å²) in [6, 6.07) is 23.1. The third kappa shape index (κ3) is 4.04. The molecule has 1 saturated heterocycles. The second-order valence-electron chi connectivity index (χ2n) is 9.69. The molecule has 2 amide bonds. The van der Waals surface area contributed by atoms with Crippen LogP contribution in [0.2, 0.25) is 0 Å². The molecule has 0 bridgehead atoms. The first-order chi connectivity index (χ1) is 18.0. The van der Waals surface area contributed by atoms with E-state index in [0.717, 1.165) is 35.0 Å². The molecule has 0 aliphatic carbocycles. The van der Waals surface area contributed by atoms with Crippen LogP contribution >= 0.6 is 0 Å². The van der Waals surface area contributed by atoms with Crippen LogP contribution in [0.4, 0.5) is 5.69 Å². The van der Waals surface area contributed by atoms with E-state index in [1.165, 1.54) is 17.7 Å². The fraction of sp³-hybridized carbons (Fsp3) is 0.241. The van der Waals surface area contributed by atoms with Crippen molar-refractivity contribution in [2.75, 3.05) is 13.1 Å². The number of piperazine rings is 1. The molecule has 1 fully saturated rings. The van der Waals surface area contributed by atoms with Gasteiger partial charge in [0.2, 0.25) is 11.8 Å². The predicted molar refractivity (Wildman–Crippen MR) is 139 cm³/mol. The highest BCUT2D eigenvalue weighted by Crippen LogP contribution is 2.43. The van der Waals surface area contributed by atoms with Gasteiger partial charge in [-0.25, -0.2) is 0 Å². The predicted octanol–water partition coefficient (Wildman–Crippen LogP) is 4.39. The quantitative estimate of drug-likeness (QED) is 0.317. The number of nitrogens with zero attached hydrogens (tertiary/aromatic N) is 3. The average Bonchev–Trinajstić information content (AvgIpc) is 3.29.